The number of imide groups is 1. The molecule has 29 heavy (non-hydrogen) atoms. The molecule has 0 spiro atoms. The van der Waals surface area contributed by atoms with Crippen molar-refractivity contribution in [3.63, 3.8) is 0 Å². The number of ether oxygens (including phenoxy) is 2. The quantitative estimate of drug-likeness (QED) is 0.344. The second kappa shape index (κ2) is 9.67. The molecule has 0 unspecified atom stereocenters. The van der Waals surface area contributed by atoms with Gasteiger partial charge in [-0.3, -0.25) is 14.5 Å². The maximum Gasteiger partial charge on any atom is 0.293 e. The zero-order valence-electron chi connectivity index (χ0n) is 16.5. The Morgan fingerprint density at radius 1 is 1.07 bits per heavy atom. The molecule has 1 saturated heterocycles. The van der Waals surface area contributed by atoms with Crippen molar-refractivity contribution in [1.82, 2.24) is 4.90 Å². The Kier molecular flexibility index (Phi) is 7.23. The normalized spacial score (nSPS) is 15.5. The van der Waals surface area contributed by atoms with Gasteiger partial charge >= 0.3 is 0 Å². The largest absolute Gasteiger partial charge is 0.490 e. The van der Waals surface area contributed by atoms with E-state index < -0.39 is 0 Å². The highest BCUT2D eigenvalue weighted by Crippen LogP contribution is 2.35. The van der Waals surface area contributed by atoms with Crippen molar-refractivity contribution in [3.8, 4) is 11.5 Å². The molecule has 0 atom stereocenters. The van der Waals surface area contributed by atoms with Gasteiger partial charge in [0.1, 0.15) is 6.61 Å². The number of rotatable bonds is 7. The lowest BCUT2D eigenvalue weighted by atomic mass is 10.1. The summed E-state index contributed by atoms with van der Waals surface area (Å²) in [7, 11) is 0. The second-order valence-corrected chi connectivity index (χ2v) is 8.94. The van der Waals surface area contributed by atoms with E-state index in [1.165, 1.54) is 8.47 Å². The number of amides is 2. The van der Waals surface area contributed by atoms with Crippen molar-refractivity contribution in [1.29, 1.82) is 0 Å². The molecule has 152 valence electrons. The fourth-order valence-electron chi connectivity index (χ4n) is 2.82. The van der Waals surface area contributed by atoms with Crippen LogP contribution in [0, 0.1) is 3.57 Å². The molecule has 2 aromatic carbocycles. The van der Waals surface area contributed by atoms with Crippen molar-refractivity contribution in [2.75, 3.05) is 6.61 Å². The van der Waals surface area contributed by atoms with E-state index in [2.05, 4.69) is 22.6 Å². The highest BCUT2D eigenvalue weighted by molar-refractivity contribution is 14.1. The van der Waals surface area contributed by atoms with Crippen molar-refractivity contribution in [2.45, 2.75) is 33.4 Å². The van der Waals surface area contributed by atoms with E-state index >= 15 is 0 Å². The van der Waals surface area contributed by atoms with Gasteiger partial charge in [0.05, 0.1) is 11.5 Å². The summed E-state index contributed by atoms with van der Waals surface area (Å²) < 4.78 is 12.9. The summed E-state index contributed by atoms with van der Waals surface area (Å²) in [5, 5.41) is -0.237. The van der Waals surface area contributed by atoms with E-state index in [9.17, 15) is 9.59 Å². The Morgan fingerprint density at radius 2 is 1.79 bits per heavy atom. The SMILES string of the molecule is CCOc1cc(/C=C2/SC(=O)N(C(C)C)C2=O)ccc1OCc1ccc(I)cc1. The van der Waals surface area contributed by atoms with E-state index in [0.717, 1.165) is 22.9 Å². The molecule has 0 aromatic heterocycles. The monoisotopic (exact) mass is 523 g/mol. The van der Waals surface area contributed by atoms with Crippen LogP contribution in [-0.2, 0) is 11.4 Å². The molecule has 2 aromatic rings. The van der Waals surface area contributed by atoms with Gasteiger partial charge in [-0.2, -0.15) is 0 Å². The molecule has 1 aliphatic heterocycles. The topological polar surface area (TPSA) is 55.8 Å². The van der Waals surface area contributed by atoms with Crippen molar-refractivity contribution < 1.29 is 19.1 Å². The van der Waals surface area contributed by atoms with Crippen LogP contribution in [0.2, 0.25) is 0 Å². The average Bonchev–Trinajstić information content (AvgIpc) is 2.96. The lowest BCUT2D eigenvalue weighted by Crippen LogP contribution is -2.34. The van der Waals surface area contributed by atoms with E-state index in [1.54, 1.807) is 6.08 Å². The Hall–Kier alpha value is -2.00. The molecular weight excluding hydrogens is 501 g/mol. The predicted octanol–water partition coefficient (Wildman–Crippen LogP) is 5.71. The lowest BCUT2D eigenvalue weighted by Gasteiger charge is -2.16. The van der Waals surface area contributed by atoms with Gasteiger partial charge in [0.25, 0.3) is 11.1 Å². The van der Waals surface area contributed by atoms with Gasteiger partial charge in [-0.1, -0.05) is 18.2 Å². The third-order valence-corrected chi connectivity index (χ3v) is 5.82. The summed E-state index contributed by atoms with van der Waals surface area (Å²) in [5.41, 5.74) is 1.85. The third kappa shape index (κ3) is 5.33. The van der Waals surface area contributed by atoms with Gasteiger partial charge in [0.15, 0.2) is 11.5 Å². The number of benzene rings is 2. The van der Waals surface area contributed by atoms with Crippen LogP contribution in [0.1, 0.15) is 31.9 Å². The third-order valence-electron chi connectivity index (χ3n) is 4.21. The number of hydrogen-bond donors (Lipinski definition) is 0. The van der Waals surface area contributed by atoms with Gasteiger partial charge in [0.2, 0.25) is 0 Å². The Balaban J connectivity index is 1.79. The average molecular weight is 523 g/mol. The van der Waals surface area contributed by atoms with E-state index in [-0.39, 0.29) is 17.2 Å². The van der Waals surface area contributed by atoms with Gasteiger partial charge in [-0.05, 0) is 96.6 Å². The predicted molar refractivity (Wildman–Crippen MR) is 124 cm³/mol. The number of carbonyl (C=O) groups excluding carboxylic acids is 2. The first kappa shape index (κ1) is 21.7. The van der Waals surface area contributed by atoms with Crippen LogP contribution in [0.15, 0.2) is 47.4 Å². The summed E-state index contributed by atoms with van der Waals surface area (Å²) in [6, 6.07) is 13.5. The number of nitrogens with zero attached hydrogens (tertiary/aromatic N) is 1. The van der Waals surface area contributed by atoms with Crippen LogP contribution in [0.5, 0.6) is 11.5 Å². The van der Waals surface area contributed by atoms with Crippen molar-refractivity contribution >= 4 is 51.6 Å². The molecule has 0 saturated carbocycles. The van der Waals surface area contributed by atoms with Crippen molar-refractivity contribution in [3.05, 3.63) is 62.1 Å². The maximum atomic E-state index is 12.5. The fourth-order valence-corrected chi connectivity index (χ4v) is 4.14. The number of halogens is 1. The molecular formula is C22H22INO4S. The fraction of sp³-hybridized carbons (Fsp3) is 0.273. The standard InChI is InChI=1S/C22H22INO4S/c1-4-27-19-11-16(12-20-21(25)24(14(2)3)22(26)29-20)7-10-18(19)28-13-15-5-8-17(23)9-6-15/h5-12,14H,4,13H2,1-3H3/b20-12+. The molecule has 1 aliphatic rings. The highest BCUT2D eigenvalue weighted by Gasteiger charge is 2.36. The Morgan fingerprint density at radius 3 is 2.41 bits per heavy atom. The summed E-state index contributed by atoms with van der Waals surface area (Å²) >= 11 is 3.23. The van der Waals surface area contributed by atoms with Crippen LogP contribution in [0.3, 0.4) is 0 Å². The minimum absolute atomic E-state index is 0.163. The maximum absolute atomic E-state index is 12.5. The van der Waals surface area contributed by atoms with Crippen LogP contribution >= 0.6 is 34.4 Å². The molecule has 2 amide bonds. The first-order valence-corrected chi connectivity index (χ1v) is 11.2. The molecule has 3 rings (SSSR count). The van der Waals surface area contributed by atoms with Crippen LogP contribution < -0.4 is 9.47 Å². The molecule has 0 N–H and O–H groups in total. The lowest BCUT2D eigenvalue weighted by molar-refractivity contribution is -0.123. The van der Waals surface area contributed by atoms with Crippen LogP contribution in [-0.4, -0.2) is 28.7 Å². The summed E-state index contributed by atoms with van der Waals surface area (Å²) in [4.78, 5) is 26.2. The summed E-state index contributed by atoms with van der Waals surface area (Å²) in [6.45, 7) is 6.49. The smallest absolute Gasteiger partial charge is 0.293 e. The molecule has 0 aliphatic carbocycles. The first-order chi connectivity index (χ1) is 13.9. The Bertz CT molecular complexity index is 940. The Labute approximate surface area is 188 Å². The molecule has 7 heteroatoms. The number of hydrogen-bond acceptors (Lipinski definition) is 5. The van der Waals surface area contributed by atoms with Crippen LogP contribution in [0.25, 0.3) is 6.08 Å². The molecule has 1 fully saturated rings. The van der Waals surface area contributed by atoms with Gasteiger partial charge in [0, 0.05) is 9.61 Å². The minimum atomic E-state index is -0.257. The van der Waals surface area contributed by atoms with Crippen molar-refractivity contribution in [2.24, 2.45) is 0 Å². The van der Waals surface area contributed by atoms with E-state index in [4.69, 9.17) is 9.47 Å². The van der Waals surface area contributed by atoms with Gasteiger partial charge in [-0.25, -0.2) is 0 Å². The highest BCUT2D eigenvalue weighted by atomic mass is 127. The molecule has 0 radical (unpaired) electrons. The van der Waals surface area contributed by atoms with Gasteiger partial charge < -0.3 is 9.47 Å². The molecule has 0 bridgehead atoms. The molecule has 1 heterocycles. The number of carbonyl (C=O) groups is 2. The van der Waals surface area contributed by atoms with E-state index in [1.807, 2.05) is 63.2 Å². The zero-order valence-corrected chi connectivity index (χ0v) is 19.5. The minimum Gasteiger partial charge on any atom is -0.490 e. The molecule has 5 nitrogen and oxygen atoms in total. The summed E-state index contributed by atoms with van der Waals surface area (Å²) in [6.07, 6.45) is 1.72. The second-order valence-electron chi connectivity index (χ2n) is 6.70. The summed E-state index contributed by atoms with van der Waals surface area (Å²) in [5.74, 6) is 0.986. The first-order valence-electron chi connectivity index (χ1n) is 9.30. The zero-order chi connectivity index (χ0) is 21.0. The number of thioether (sulfide) groups is 1. The van der Waals surface area contributed by atoms with E-state index in [0.29, 0.717) is 29.6 Å². The van der Waals surface area contributed by atoms with Gasteiger partial charge in [-0.15, -0.1) is 0 Å². The van der Waals surface area contributed by atoms with Crippen LogP contribution in [0.4, 0.5) is 4.79 Å².